The third-order valence-electron chi connectivity index (χ3n) is 6.55. The summed E-state index contributed by atoms with van der Waals surface area (Å²) < 4.78 is 4.99. The molecule has 1 fully saturated rings. The molecule has 1 heterocycles. The van der Waals surface area contributed by atoms with Crippen molar-refractivity contribution in [3.63, 3.8) is 0 Å². The molecule has 8 nitrogen and oxygen atoms in total. The average molecular weight is 515 g/mol. The van der Waals surface area contributed by atoms with E-state index in [1.807, 2.05) is 90.7 Å². The Hall–Kier alpha value is -4.17. The number of carbonyl (C=O) groups excluding carboxylic acids is 3. The van der Waals surface area contributed by atoms with Crippen LogP contribution in [0.1, 0.15) is 21.5 Å². The summed E-state index contributed by atoms with van der Waals surface area (Å²) in [6, 6.07) is 24.9. The highest BCUT2D eigenvalue weighted by molar-refractivity contribution is 5.95. The van der Waals surface area contributed by atoms with Gasteiger partial charge in [-0.05, 0) is 48.9 Å². The fourth-order valence-corrected chi connectivity index (χ4v) is 4.43. The number of hydrogen-bond acceptors (Lipinski definition) is 5. The van der Waals surface area contributed by atoms with Gasteiger partial charge in [0, 0.05) is 56.8 Å². The lowest BCUT2D eigenvalue weighted by Gasteiger charge is -2.36. The van der Waals surface area contributed by atoms with Crippen LogP contribution in [-0.2, 0) is 20.9 Å². The van der Waals surface area contributed by atoms with Gasteiger partial charge in [-0.2, -0.15) is 0 Å². The van der Waals surface area contributed by atoms with E-state index in [2.05, 4.69) is 10.2 Å². The number of rotatable bonds is 9. The predicted molar refractivity (Wildman–Crippen MR) is 148 cm³/mol. The van der Waals surface area contributed by atoms with Crippen molar-refractivity contribution in [1.82, 2.24) is 9.80 Å². The molecular weight excluding hydrogens is 480 g/mol. The van der Waals surface area contributed by atoms with Gasteiger partial charge in [-0.15, -0.1) is 0 Å². The van der Waals surface area contributed by atoms with E-state index >= 15 is 0 Å². The van der Waals surface area contributed by atoms with Gasteiger partial charge in [-0.1, -0.05) is 48.0 Å². The van der Waals surface area contributed by atoms with Crippen LogP contribution < -0.4 is 10.2 Å². The average Bonchev–Trinajstić information content (AvgIpc) is 2.94. The van der Waals surface area contributed by atoms with Crippen molar-refractivity contribution < 1.29 is 19.1 Å². The first-order valence-corrected chi connectivity index (χ1v) is 12.7. The molecule has 0 atom stereocenters. The summed E-state index contributed by atoms with van der Waals surface area (Å²) >= 11 is 0. The molecule has 1 N–H and O–H groups in total. The van der Waals surface area contributed by atoms with Crippen molar-refractivity contribution in [2.75, 3.05) is 56.7 Å². The van der Waals surface area contributed by atoms with Crippen molar-refractivity contribution in [2.45, 2.75) is 13.5 Å². The lowest BCUT2D eigenvalue weighted by atomic mass is 10.1. The monoisotopic (exact) mass is 514 g/mol. The first-order chi connectivity index (χ1) is 18.4. The van der Waals surface area contributed by atoms with Gasteiger partial charge in [0.15, 0.2) is 0 Å². The lowest BCUT2D eigenvalue weighted by Crippen LogP contribution is -2.48. The van der Waals surface area contributed by atoms with E-state index in [-0.39, 0.29) is 30.9 Å². The largest absolute Gasteiger partial charge is 0.375 e. The molecule has 0 spiro atoms. The van der Waals surface area contributed by atoms with E-state index in [9.17, 15) is 14.4 Å². The summed E-state index contributed by atoms with van der Waals surface area (Å²) in [4.78, 5) is 43.7. The zero-order chi connectivity index (χ0) is 26.9. The van der Waals surface area contributed by atoms with Crippen LogP contribution >= 0.6 is 0 Å². The Morgan fingerprint density at radius 1 is 0.868 bits per heavy atom. The highest BCUT2D eigenvalue weighted by atomic mass is 16.5. The van der Waals surface area contributed by atoms with E-state index in [1.165, 1.54) is 12.0 Å². The minimum atomic E-state index is -0.277. The molecule has 0 radical (unpaired) electrons. The van der Waals surface area contributed by atoms with E-state index in [0.717, 1.165) is 35.5 Å². The molecule has 198 valence electrons. The number of nitrogens with zero attached hydrogens (tertiary/aromatic N) is 3. The Bertz CT molecular complexity index is 1220. The van der Waals surface area contributed by atoms with Gasteiger partial charge in [0.1, 0.15) is 13.2 Å². The highest BCUT2D eigenvalue weighted by Crippen LogP contribution is 2.20. The van der Waals surface area contributed by atoms with Crippen molar-refractivity contribution in [3.05, 3.63) is 95.6 Å². The number of nitrogens with one attached hydrogen (secondary N) is 1. The molecule has 1 aliphatic heterocycles. The molecular formula is C30H34N4O4. The smallest absolute Gasteiger partial charge is 0.253 e. The maximum atomic E-state index is 12.8. The summed E-state index contributed by atoms with van der Waals surface area (Å²) in [5.41, 5.74) is 4.48. The number of amides is 3. The zero-order valence-electron chi connectivity index (χ0n) is 21.9. The molecule has 4 rings (SSSR count). The van der Waals surface area contributed by atoms with Crippen molar-refractivity contribution >= 4 is 29.1 Å². The Labute approximate surface area is 223 Å². The summed E-state index contributed by atoms with van der Waals surface area (Å²) in [6.45, 7) is 4.95. The standard InChI is InChI=1S/C30H34N4O4/c1-23-8-10-25(11-9-23)30(37)33-18-16-32(17-19-33)27-14-12-26(13-15-27)31-28(35)21-34(29(36)22-38-2)20-24-6-4-3-5-7-24/h3-15H,16-22H2,1-2H3,(H,31,35). The van der Waals surface area contributed by atoms with Crippen LogP contribution in [0.4, 0.5) is 11.4 Å². The van der Waals surface area contributed by atoms with Crippen LogP contribution in [0.25, 0.3) is 0 Å². The summed E-state index contributed by atoms with van der Waals surface area (Å²) in [5.74, 6) is -0.462. The normalized spacial score (nSPS) is 13.2. The van der Waals surface area contributed by atoms with Crippen molar-refractivity contribution in [1.29, 1.82) is 0 Å². The Morgan fingerprint density at radius 3 is 2.16 bits per heavy atom. The molecule has 3 aromatic carbocycles. The summed E-state index contributed by atoms with van der Waals surface area (Å²) in [6.07, 6.45) is 0. The SMILES string of the molecule is COCC(=O)N(CC(=O)Nc1ccc(N2CCN(C(=O)c3ccc(C)cc3)CC2)cc1)Cc1ccccc1. The van der Waals surface area contributed by atoms with Crippen LogP contribution in [0, 0.1) is 6.92 Å². The molecule has 0 unspecified atom stereocenters. The second kappa shape index (κ2) is 12.9. The quantitative estimate of drug-likeness (QED) is 0.472. The van der Waals surface area contributed by atoms with Gasteiger partial charge in [0.2, 0.25) is 11.8 Å². The summed E-state index contributed by atoms with van der Waals surface area (Å²) in [7, 11) is 1.46. The van der Waals surface area contributed by atoms with E-state index in [0.29, 0.717) is 25.3 Å². The van der Waals surface area contributed by atoms with Gasteiger partial charge in [-0.3, -0.25) is 14.4 Å². The number of methoxy groups -OCH3 is 1. The number of ether oxygens (including phenoxy) is 1. The number of carbonyl (C=O) groups is 3. The molecule has 0 aromatic heterocycles. The lowest BCUT2D eigenvalue weighted by molar-refractivity contribution is -0.138. The van der Waals surface area contributed by atoms with E-state index in [4.69, 9.17) is 4.74 Å². The van der Waals surface area contributed by atoms with Crippen LogP contribution in [0.15, 0.2) is 78.9 Å². The molecule has 3 aromatic rings. The van der Waals surface area contributed by atoms with Gasteiger partial charge in [0.05, 0.1) is 0 Å². The Kier molecular flexibility index (Phi) is 9.11. The first-order valence-electron chi connectivity index (χ1n) is 12.7. The van der Waals surface area contributed by atoms with Crippen molar-refractivity contribution in [3.8, 4) is 0 Å². The molecule has 1 aliphatic rings. The molecule has 8 heteroatoms. The van der Waals surface area contributed by atoms with Gasteiger partial charge in [0.25, 0.3) is 5.91 Å². The second-order valence-corrected chi connectivity index (χ2v) is 9.41. The first kappa shape index (κ1) is 26.9. The maximum absolute atomic E-state index is 12.8. The van der Waals surface area contributed by atoms with Gasteiger partial charge in [-0.25, -0.2) is 0 Å². The predicted octanol–water partition coefficient (Wildman–Crippen LogP) is 3.57. The fourth-order valence-electron chi connectivity index (χ4n) is 4.43. The molecule has 0 bridgehead atoms. The topological polar surface area (TPSA) is 82.2 Å². The third kappa shape index (κ3) is 7.20. The Morgan fingerprint density at radius 2 is 1.53 bits per heavy atom. The molecule has 3 amide bonds. The number of benzene rings is 3. The second-order valence-electron chi connectivity index (χ2n) is 9.41. The molecule has 0 aliphatic carbocycles. The van der Waals surface area contributed by atoms with Gasteiger partial charge < -0.3 is 24.8 Å². The zero-order valence-corrected chi connectivity index (χ0v) is 21.9. The minimum absolute atomic E-state index is 0.0630. The molecule has 0 saturated carbocycles. The fraction of sp³-hybridized carbons (Fsp3) is 0.300. The van der Waals surface area contributed by atoms with Crippen LogP contribution in [-0.4, -0.2) is 74.0 Å². The third-order valence-corrected chi connectivity index (χ3v) is 6.55. The highest BCUT2D eigenvalue weighted by Gasteiger charge is 2.22. The maximum Gasteiger partial charge on any atom is 0.253 e. The number of piperazine rings is 1. The van der Waals surface area contributed by atoms with Crippen LogP contribution in [0.5, 0.6) is 0 Å². The van der Waals surface area contributed by atoms with E-state index in [1.54, 1.807) is 0 Å². The number of aryl methyl sites for hydroxylation is 1. The van der Waals surface area contributed by atoms with Gasteiger partial charge >= 0.3 is 0 Å². The molecule has 38 heavy (non-hydrogen) atoms. The summed E-state index contributed by atoms with van der Waals surface area (Å²) in [5, 5.41) is 2.88. The van der Waals surface area contributed by atoms with Crippen molar-refractivity contribution in [2.24, 2.45) is 0 Å². The molecule has 1 saturated heterocycles. The van der Waals surface area contributed by atoms with E-state index < -0.39 is 0 Å². The minimum Gasteiger partial charge on any atom is -0.375 e. The van der Waals surface area contributed by atoms with Crippen LogP contribution in [0.3, 0.4) is 0 Å². The Balaban J connectivity index is 1.30. The van der Waals surface area contributed by atoms with Crippen LogP contribution in [0.2, 0.25) is 0 Å². The number of anilines is 2. The number of hydrogen-bond donors (Lipinski definition) is 1.